The number of nitrogens with one attached hydrogen (secondary N) is 1. The maximum Gasteiger partial charge on any atom is 0.227 e. The number of H-pyrrole nitrogens is 1. The van der Waals surface area contributed by atoms with E-state index >= 15 is 0 Å². The fourth-order valence-electron chi connectivity index (χ4n) is 4.23. The summed E-state index contributed by atoms with van der Waals surface area (Å²) in [6, 6.07) is 23.7. The molecule has 1 unspecified atom stereocenters. The molecule has 5 aromatic rings. The molecule has 0 saturated carbocycles. The molecule has 0 bridgehead atoms. The number of nitrogens with zero attached hydrogens (tertiary/aromatic N) is 4. The van der Waals surface area contributed by atoms with Crippen LogP contribution in [-0.2, 0) is 29.4 Å². The molecule has 0 saturated heterocycles. The molecule has 0 aliphatic rings. The lowest BCUT2D eigenvalue weighted by molar-refractivity contribution is 0.338. The lowest BCUT2D eigenvalue weighted by atomic mass is 9.96. The van der Waals surface area contributed by atoms with Gasteiger partial charge in [-0.05, 0) is 52.4 Å². The van der Waals surface area contributed by atoms with Crippen molar-refractivity contribution < 1.29 is 8.73 Å². The third-order valence-corrected chi connectivity index (χ3v) is 7.76. The number of benzene rings is 3. The van der Waals surface area contributed by atoms with Gasteiger partial charge in [-0.3, -0.25) is 4.21 Å². The quantitative estimate of drug-likeness (QED) is 0.223. The van der Waals surface area contributed by atoms with E-state index in [4.69, 9.17) is 16.1 Å². The van der Waals surface area contributed by atoms with Crippen molar-refractivity contribution in [3.63, 3.8) is 0 Å². The van der Waals surface area contributed by atoms with Crippen molar-refractivity contribution in [1.29, 1.82) is 0 Å². The van der Waals surface area contributed by atoms with Crippen LogP contribution in [0, 0.1) is 0 Å². The smallest absolute Gasteiger partial charge is 0.227 e. The van der Waals surface area contributed by atoms with Crippen LogP contribution < -0.4 is 0 Å². The molecule has 5 rings (SSSR count). The van der Waals surface area contributed by atoms with Gasteiger partial charge >= 0.3 is 0 Å². The Morgan fingerprint density at radius 3 is 2.38 bits per heavy atom. The zero-order valence-electron chi connectivity index (χ0n) is 20.4. The minimum atomic E-state index is -1.36. The van der Waals surface area contributed by atoms with Gasteiger partial charge in [-0.1, -0.05) is 90.8 Å². The fourth-order valence-corrected chi connectivity index (χ4v) is 5.57. The van der Waals surface area contributed by atoms with Crippen molar-refractivity contribution in [3.05, 3.63) is 100 Å². The number of tetrazole rings is 1. The Kier molecular flexibility index (Phi) is 7.87. The first-order valence-electron chi connectivity index (χ1n) is 12.1. The SMILES string of the molecule is CCCCc1noc(S(=O)Cc2ccc(Cl)cc2)c1Cc1ccc(-c2ccccc2-c2nn[nH]n2)cc1. The maximum atomic E-state index is 13.3. The molecule has 0 fully saturated rings. The van der Waals surface area contributed by atoms with E-state index < -0.39 is 10.8 Å². The minimum absolute atomic E-state index is 0.346. The summed E-state index contributed by atoms with van der Waals surface area (Å²) in [4.78, 5) is 0. The third-order valence-electron chi connectivity index (χ3n) is 6.18. The Labute approximate surface area is 222 Å². The minimum Gasteiger partial charge on any atom is -0.347 e. The van der Waals surface area contributed by atoms with Gasteiger partial charge in [-0.2, -0.15) is 5.21 Å². The Balaban J connectivity index is 1.41. The fraction of sp³-hybridized carbons (Fsp3) is 0.214. The second-order valence-electron chi connectivity index (χ2n) is 8.77. The highest BCUT2D eigenvalue weighted by atomic mass is 35.5. The number of aryl methyl sites for hydroxylation is 1. The summed E-state index contributed by atoms with van der Waals surface area (Å²) >= 11 is 6.00. The summed E-state index contributed by atoms with van der Waals surface area (Å²) < 4.78 is 19.0. The molecule has 9 heteroatoms. The van der Waals surface area contributed by atoms with Gasteiger partial charge in [0.15, 0.2) is 0 Å². The van der Waals surface area contributed by atoms with Crippen molar-refractivity contribution in [3.8, 4) is 22.5 Å². The highest BCUT2D eigenvalue weighted by molar-refractivity contribution is 7.84. The number of rotatable bonds is 10. The molecule has 0 spiro atoms. The molecular weight excluding hydrogens is 506 g/mol. The van der Waals surface area contributed by atoms with Crippen LogP contribution in [-0.4, -0.2) is 30.0 Å². The number of aromatic nitrogens is 5. The van der Waals surface area contributed by atoms with E-state index in [1.807, 2.05) is 36.4 Å². The Bertz CT molecular complexity index is 1480. The molecule has 7 nitrogen and oxygen atoms in total. The summed E-state index contributed by atoms with van der Waals surface area (Å²) in [5, 5.41) is 19.9. The Hall–Kier alpha value is -3.62. The summed E-state index contributed by atoms with van der Waals surface area (Å²) in [5.41, 5.74) is 6.80. The summed E-state index contributed by atoms with van der Waals surface area (Å²) in [5.74, 6) is 0.899. The monoisotopic (exact) mass is 531 g/mol. The molecular formula is C28H26ClN5O2S. The van der Waals surface area contributed by atoms with E-state index in [2.05, 4.69) is 57.0 Å². The molecule has 37 heavy (non-hydrogen) atoms. The molecule has 0 radical (unpaired) electrons. The molecule has 2 aromatic heterocycles. The van der Waals surface area contributed by atoms with Crippen molar-refractivity contribution in [2.24, 2.45) is 0 Å². The zero-order valence-corrected chi connectivity index (χ0v) is 21.9. The Morgan fingerprint density at radius 2 is 1.68 bits per heavy atom. The van der Waals surface area contributed by atoms with Gasteiger partial charge in [0.1, 0.15) is 0 Å². The summed E-state index contributed by atoms with van der Waals surface area (Å²) in [6.07, 6.45) is 3.43. The van der Waals surface area contributed by atoms with Crippen LogP contribution in [0.1, 0.15) is 42.1 Å². The van der Waals surface area contributed by atoms with Gasteiger partial charge in [-0.25, -0.2) is 0 Å². The molecule has 1 N–H and O–H groups in total. The van der Waals surface area contributed by atoms with Crippen LogP contribution >= 0.6 is 11.6 Å². The first-order valence-corrected chi connectivity index (χ1v) is 13.8. The standard InChI is InChI=1S/C28H26ClN5O2S/c1-2-3-8-26-25(28(36-32-26)37(35)18-20-11-15-22(29)16-12-20)17-19-9-13-21(14-10-19)23-6-4-5-7-24(23)27-30-33-34-31-27/h4-7,9-16H,2-3,8,17-18H2,1H3,(H,30,31,33,34). The summed E-state index contributed by atoms with van der Waals surface area (Å²) in [6.45, 7) is 2.14. The first kappa shape index (κ1) is 25.0. The van der Waals surface area contributed by atoms with Gasteiger partial charge in [0.05, 0.1) is 22.2 Å². The average molecular weight is 532 g/mol. The first-order chi connectivity index (χ1) is 18.1. The summed E-state index contributed by atoms with van der Waals surface area (Å²) in [7, 11) is -1.36. The zero-order chi connectivity index (χ0) is 25.6. The van der Waals surface area contributed by atoms with Crippen molar-refractivity contribution in [1.82, 2.24) is 25.8 Å². The largest absolute Gasteiger partial charge is 0.347 e. The van der Waals surface area contributed by atoms with Gasteiger partial charge in [0, 0.05) is 22.6 Å². The van der Waals surface area contributed by atoms with E-state index in [1.165, 1.54) is 0 Å². The van der Waals surface area contributed by atoms with Gasteiger partial charge in [-0.15, -0.1) is 10.2 Å². The predicted molar refractivity (Wildman–Crippen MR) is 145 cm³/mol. The second kappa shape index (κ2) is 11.6. The number of halogens is 1. The molecule has 2 heterocycles. The van der Waals surface area contributed by atoms with E-state index in [-0.39, 0.29) is 0 Å². The van der Waals surface area contributed by atoms with Crippen molar-refractivity contribution in [2.75, 3.05) is 0 Å². The van der Waals surface area contributed by atoms with E-state index in [1.54, 1.807) is 12.1 Å². The van der Waals surface area contributed by atoms with E-state index in [9.17, 15) is 4.21 Å². The van der Waals surface area contributed by atoms with Gasteiger partial charge in [0.2, 0.25) is 10.9 Å². The molecule has 0 aliphatic heterocycles. The number of unbranched alkanes of at least 4 members (excludes halogenated alkanes) is 1. The molecule has 188 valence electrons. The highest BCUT2D eigenvalue weighted by Crippen LogP contribution is 2.31. The van der Waals surface area contributed by atoms with Crippen molar-refractivity contribution >= 4 is 22.4 Å². The van der Waals surface area contributed by atoms with Crippen LogP contribution in [0.15, 0.2) is 82.4 Å². The van der Waals surface area contributed by atoms with Crippen LogP contribution in [0.5, 0.6) is 0 Å². The second-order valence-corrected chi connectivity index (χ2v) is 10.6. The van der Waals surface area contributed by atoms with Crippen LogP contribution in [0.25, 0.3) is 22.5 Å². The number of hydrogen-bond donors (Lipinski definition) is 1. The molecule has 0 aliphatic carbocycles. The Morgan fingerprint density at radius 1 is 0.946 bits per heavy atom. The third kappa shape index (κ3) is 5.87. The van der Waals surface area contributed by atoms with Crippen LogP contribution in [0.2, 0.25) is 5.02 Å². The predicted octanol–water partition coefficient (Wildman–Crippen LogP) is 6.42. The lowest BCUT2D eigenvalue weighted by Crippen LogP contribution is -2.02. The van der Waals surface area contributed by atoms with Crippen LogP contribution in [0.3, 0.4) is 0 Å². The highest BCUT2D eigenvalue weighted by Gasteiger charge is 2.22. The topological polar surface area (TPSA) is 97.6 Å². The van der Waals surface area contributed by atoms with Crippen molar-refractivity contribution in [2.45, 2.75) is 43.5 Å². The maximum absolute atomic E-state index is 13.3. The van der Waals surface area contributed by atoms with E-state index in [0.717, 1.165) is 58.3 Å². The van der Waals surface area contributed by atoms with E-state index in [0.29, 0.717) is 28.1 Å². The lowest BCUT2D eigenvalue weighted by Gasteiger charge is -2.09. The molecule has 1 atom stereocenters. The number of aromatic amines is 1. The number of hydrogen-bond acceptors (Lipinski definition) is 6. The van der Waals surface area contributed by atoms with Gasteiger partial charge in [0.25, 0.3) is 0 Å². The van der Waals surface area contributed by atoms with Crippen LogP contribution in [0.4, 0.5) is 0 Å². The normalized spacial score (nSPS) is 12.1. The molecule has 0 amide bonds. The average Bonchev–Trinajstić information content (AvgIpc) is 3.60. The van der Waals surface area contributed by atoms with Gasteiger partial charge < -0.3 is 4.52 Å². The molecule has 3 aromatic carbocycles.